The second-order valence-corrected chi connectivity index (χ2v) is 8.07. The van der Waals surface area contributed by atoms with Crippen molar-refractivity contribution in [2.45, 2.75) is 57.7 Å². The van der Waals surface area contributed by atoms with E-state index < -0.39 is 12.0 Å². The molecule has 5 nitrogen and oxygen atoms in total. The molecule has 8 heteroatoms. The summed E-state index contributed by atoms with van der Waals surface area (Å²) in [6, 6.07) is 0. The molecule has 4 heterocycles. The molecule has 0 bridgehead atoms. The number of nitrogens with zero attached hydrogens (tertiary/aromatic N) is 3. The molecular formula is C19H27F3N4O. The van der Waals surface area contributed by atoms with Crippen LogP contribution < -0.4 is 5.32 Å². The molecule has 0 saturated carbocycles. The van der Waals surface area contributed by atoms with E-state index in [0.29, 0.717) is 50.0 Å². The van der Waals surface area contributed by atoms with Crippen LogP contribution in [0.3, 0.4) is 0 Å². The Balaban J connectivity index is 1.48. The summed E-state index contributed by atoms with van der Waals surface area (Å²) in [6.07, 6.45) is 1.77. The summed E-state index contributed by atoms with van der Waals surface area (Å²) in [5.74, 6) is 0.0248. The number of piperidine rings is 2. The van der Waals surface area contributed by atoms with Gasteiger partial charge in [-0.25, -0.2) is 4.98 Å². The number of carbonyl (C=O) groups excluding carboxylic acids is 1. The Morgan fingerprint density at radius 1 is 1.04 bits per heavy atom. The first-order valence-corrected chi connectivity index (χ1v) is 10.1. The highest BCUT2D eigenvalue weighted by Gasteiger charge is 2.41. The van der Waals surface area contributed by atoms with Gasteiger partial charge in [0.2, 0.25) is 5.82 Å². The minimum Gasteiger partial charge on any atom is -0.337 e. The van der Waals surface area contributed by atoms with E-state index in [4.69, 9.17) is 0 Å². The maximum absolute atomic E-state index is 13.3. The van der Waals surface area contributed by atoms with Crippen molar-refractivity contribution in [2.75, 3.05) is 26.2 Å². The van der Waals surface area contributed by atoms with Crippen LogP contribution in [-0.2, 0) is 19.1 Å². The van der Waals surface area contributed by atoms with E-state index in [-0.39, 0.29) is 11.6 Å². The molecule has 0 radical (unpaired) electrons. The van der Waals surface area contributed by atoms with Gasteiger partial charge in [-0.05, 0) is 69.9 Å². The van der Waals surface area contributed by atoms with Crippen molar-refractivity contribution >= 4 is 5.91 Å². The van der Waals surface area contributed by atoms with Gasteiger partial charge in [0, 0.05) is 19.6 Å². The number of hydrogen-bond donors (Lipinski definition) is 1. The Labute approximate surface area is 157 Å². The van der Waals surface area contributed by atoms with Crippen molar-refractivity contribution in [3.63, 3.8) is 0 Å². The molecule has 150 valence electrons. The van der Waals surface area contributed by atoms with E-state index in [0.717, 1.165) is 32.4 Å². The molecule has 1 atom stereocenters. The van der Waals surface area contributed by atoms with Crippen LogP contribution in [0.2, 0.25) is 0 Å². The zero-order valence-corrected chi connectivity index (χ0v) is 15.5. The zero-order valence-electron chi connectivity index (χ0n) is 15.5. The van der Waals surface area contributed by atoms with E-state index in [1.807, 2.05) is 0 Å². The molecule has 1 N–H and O–H groups in total. The van der Waals surface area contributed by atoms with Gasteiger partial charge < -0.3 is 14.8 Å². The minimum atomic E-state index is -4.52. The van der Waals surface area contributed by atoms with Gasteiger partial charge in [-0.1, -0.05) is 0 Å². The summed E-state index contributed by atoms with van der Waals surface area (Å²) < 4.78 is 41.2. The molecule has 0 aromatic carbocycles. The van der Waals surface area contributed by atoms with Crippen molar-refractivity contribution in [1.82, 2.24) is 19.8 Å². The summed E-state index contributed by atoms with van der Waals surface area (Å²) in [7, 11) is 0. The molecular weight excluding hydrogens is 357 g/mol. The third kappa shape index (κ3) is 3.73. The highest BCUT2D eigenvalue weighted by atomic mass is 19.4. The lowest BCUT2D eigenvalue weighted by atomic mass is 9.80. The Morgan fingerprint density at radius 3 is 2.48 bits per heavy atom. The van der Waals surface area contributed by atoms with Crippen LogP contribution in [0.5, 0.6) is 0 Å². The fourth-order valence-electron chi connectivity index (χ4n) is 4.94. The van der Waals surface area contributed by atoms with Gasteiger partial charge in [0.05, 0.1) is 5.69 Å². The average molecular weight is 384 g/mol. The summed E-state index contributed by atoms with van der Waals surface area (Å²) in [6.45, 7) is 3.66. The van der Waals surface area contributed by atoms with Gasteiger partial charge in [0.25, 0.3) is 5.91 Å². The average Bonchev–Trinajstić information content (AvgIpc) is 3.08. The van der Waals surface area contributed by atoms with Crippen molar-refractivity contribution in [3.8, 4) is 0 Å². The van der Waals surface area contributed by atoms with E-state index in [9.17, 15) is 18.0 Å². The molecule has 1 amide bonds. The number of likely N-dealkylation sites (tertiary alicyclic amines) is 1. The molecule has 1 aromatic heterocycles. The van der Waals surface area contributed by atoms with Crippen molar-refractivity contribution < 1.29 is 18.0 Å². The van der Waals surface area contributed by atoms with Crippen LogP contribution in [0.15, 0.2) is 0 Å². The van der Waals surface area contributed by atoms with Gasteiger partial charge in [-0.2, -0.15) is 13.2 Å². The number of nitrogens with one attached hydrogen (secondary N) is 1. The number of halogens is 3. The highest BCUT2D eigenvalue weighted by Crippen LogP contribution is 2.34. The third-order valence-corrected chi connectivity index (χ3v) is 6.40. The predicted octanol–water partition coefficient (Wildman–Crippen LogP) is 3.09. The smallest absolute Gasteiger partial charge is 0.337 e. The Morgan fingerprint density at radius 2 is 1.81 bits per heavy atom. The van der Waals surface area contributed by atoms with E-state index in [2.05, 4.69) is 10.3 Å². The lowest BCUT2D eigenvalue weighted by Gasteiger charge is -2.37. The maximum atomic E-state index is 13.3. The topological polar surface area (TPSA) is 50.2 Å². The molecule has 1 unspecified atom stereocenters. The lowest BCUT2D eigenvalue weighted by Crippen LogP contribution is -2.43. The van der Waals surface area contributed by atoms with Crippen LogP contribution in [0.25, 0.3) is 0 Å². The summed E-state index contributed by atoms with van der Waals surface area (Å²) in [5, 5.41) is 3.44. The summed E-state index contributed by atoms with van der Waals surface area (Å²) >= 11 is 0. The normalized spacial score (nSPS) is 24.7. The maximum Gasteiger partial charge on any atom is 0.449 e. The quantitative estimate of drug-likeness (QED) is 0.853. The van der Waals surface area contributed by atoms with Crippen LogP contribution in [-0.4, -0.2) is 46.5 Å². The van der Waals surface area contributed by atoms with E-state index >= 15 is 0 Å². The van der Waals surface area contributed by atoms with Crippen LogP contribution >= 0.6 is 0 Å². The standard InChI is InChI=1S/C19H27F3N4O/c20-19(21,22)18-24-16(15-5-1-2-9-26(15)18)17(27)25-10-6-13(7-11-25)14-4-3-8-23-12-14/h13-14,23H,1-12H2. The Kier molecular flexibility index (Phi) is 5.18. The fourth-order valence-corrected chi connectivity index (χ4v) is 4.94. The van der Waals surface area contributed by atoms with Crippen LogP contribution in [0, 0.1) is 11.8 Å². The number of amides is 1. The molecule has 1 aromatic rings. The largest absolute Gasteiger partial charge is 0.449 e. The number of imidazole rings is 1. The van der Waals surface area contributed by atoms with Crippen LogP contribution in [0.1, 0.15) is 60.5 Å². The molecule has 3 aliphatic heterocycles. The number of carbonyl (C=O) groups is 1. The third-order valence-electron chi connectivity index (χ3n) is 6.40. The molecule has 3 aliphatic rings. The van der Waals surface area contributed by atoms with Gasteiger partial charge in [-0.15, -0.1) is 0 Å². The second kappa shape index (κ2) is 7.45. The Hall–Kier alpha value is -1.57. The summed E-state index contributed by atoms with van der Waals surface area (Å²) in [4.78, 5) is 18.5. The number of alkyl halides is 3. The molecule has 2 fully saturated rings. The summed E-state index contributed by atoms with van der Waals surface area (Å²) in [5.41, 5.74) is 0.497. The zero-order chi connectivity index (χ0) is 19.0. The predicted molar refractivity (Wildman–Crippen MR) is 94.4 cm³/mol. The Bertz CT molecular complexity index is 686. The number of aromatic nitrogens is 2. The SMILES string of the molecule is O=C(c1nc(C(F)(F)F)n2c1CCCC2)N1CCC(C2CCCNC2)CC1. The monoisotopic (exact) mass is 384 g/mol. The fraction of sp³-hybridized carbons (Fsp3) is 0.789. The van der Waals surface area contributed by atoms with E-state index in [1.54, 1.807) is 4.90 Å². The molecule has 27 heavy (non-hydrogen) atoms. The second-order valence-electron chi connectivity index (χ2n) is 8.07. The first-order chi connectivity index (χ1) is 12.9. The van der Waals surface area contributed by atoms with Gasteiger partial charge in [-0.3, -0.25) is 4.79 Å². The molecule has 0 aliphatic carbocycles. The van der Waals surface area contributed by atoms with E-state index in [1.165, 1.54) is 17.4 Å². The molecule has 4 rings (SSSR count). The number of fused-ring (bicyclic) bond motifs is 1. The van der Waals surface area contributed by atoms with Crippen molar-refractivity contribution in [2.24, 2.45) is 11.8 Å². The number of hydrogen-bond acceptors (Lipinski definition) is 3. The number of rotatable bonds is 2. The molecule has 0 spiro atoms. The van der Waals surface area contributed by atoms with Crippen molar-refractivity contribution in [3.05, 3.63) is 17.2 Å². The van der Waals surface area contributed by atoms with Crippen LogP contribution in [0.4, 0.5) is 13.2 Å². The van der Waals surface area contributed by atoms with Crippen molar-refractivity contribution in [1.29, 1.82) is 0 Å². The van der Waals surface area contributed by atoms with Gasteiger partial charge in [0.1, 0.15) is 5.69 Å². The van der Waals surface area contributed by atoms with Gasteiger partial charge >= 0.3 is 6.18 Å². The lowest BCUT2D eigenvalue weighted by molar-refractivity contribution is -0.147. The first-order valence-electron chi connectivity index (χ1n) is 10.1. The van der Waals surface area contributed by atoms with Gasteiger partial charge in [0.15, 0.2) is 0 Å². The molecule has 2 saturated heterocycles. The highest BCUT2D eigenvalue weighted by molar-refractivity contribution is 5.93. The minimum absolute atomic E-state index is 0.0276. The first kappa shape index (κ1) is 18.8.